The van der Waals surface area contributed by atoms with Crippen LogP contribution in [0.1, 0.15) is 66.4 Å². The molecule has 6 heteroatoms. The van der Waals surface area contributed by atoms with Crippen molar-refractivity contribution in [2.75, 3.05) is 6.61 Å². The van der Waals surface area contributed by atoms with Gasteiger partial charge in [-0.1, -0.05) is 43.5 Å². The summed E-state index contributed by atoms with van der Waals surface area (Å²) < 4.78 is 7.85. The third kappa shape index (κ3) is 4.19. The molecule has 1 fully saturated rings. The van der Waals surface area contributed by atoms with Crippen LogP contribution in [0, 0.1) is 0 Å². The van der Waals surface area contributed by atoms with Crippen molar-refractivity contribution in [3.63, 3.8) is 0 Å². The van der Waals surface area contributed by atoms with Gasteiger partial charge in [0.25, 0.3) is 0 Å². The van der Waals surface area contributed by atoms with Gasteiger partial charge in [-0.15, -0.1) is 0 Å². The van der Waals surface area contributed by atoms with E-state index >= 15 is 0 Å². The molecule has 0 radical (unpaired) electrons. The Morgan fingerprint density at radius 2 is 2.00 bits per heavy atom. The van der Waals surface area contributed by atoms with E-state index in [4.69, 9.17) is 4.74 Å². The Labute approximate surface area is 184 Å². The second-order valence-electron chi connectivity index (χ2n) is 7.78. The molecule has 156 valence electrons. The van der Waals surface area contributed by atoms with Crippen molar-refractivity contribution in [1.29, 1.82) is 0 Å². The van der Waals surface area contributed by atoms with Crippen LogP contribution in [-0.4, -0.2) is 22.1 Å². The molecule has 2 heterocycles. The Hall–Kier alpha value is -2.47. The topological polar surface area (TPSA) is 61.2 Å². The molecule has 4 rings (SSSR count). The molecular weight excluding hydrogens is 444 g/mol. The fourth-order valence-corrected chi connectivity index (χ4v) is 4.71. The Morgan fingerprint density at radius 3 is 2.77 bits per heavy atom. The van der Waals surface area contributed by atoms with Crippen LogP contribution in [0.5, 0.6) is 0 Å². The van der Waals surface area contributed by atoms with Crippen LogP contribution in [-0.2, 0) is 11.3 Å². The lowest BCUT2D eigenvalue weighted by Gasteiger charge is -2.25. The number of halogens is 1. The van der Waals surface area contributed by atoms with E-state index in [2.05, 4.69) is 39.1 Å². The Morgan fingerprint density at radius 1 is 1.23 bits per heavy atom. The van der Waals surface area contributed by atoms with Gasteiger partial charge < -0.3 is 9.30 Å². The molecule has 0 unspecified atom stereocenters. The number of esters is 1. The fraction of sp³-hybridized carbons (Fsp3) is 0.375. The molecular formula is C24H25BrN2O3. The Balaban J connectivity index is 1.83. The van der Waals surface area contributed by atoms with E-state index in [-0.39, 0.29) is 17.7 Å². The maximum Gasteiger partial charge on any atom is 0.343 e. The number of benzene rings is 1. The lowest BCUT2D eigenvalue weighted by Crippen LogP contribution is -2.22. The highest BCUT2D eigenvalue weighted by atomic mass is 79.9. The van der Waals surface area contributed by atoms with E-state index < -0.39 is 11.4 Å². The zero-order chi connectivity index (χ0) is 21.1. The number of rotatable bonds is 5. The second kappa shape index (κ2) is 9.13. The molecule has 1 saturated carbocycles. The number of carbonyl (C=O) groups is 1. The average Bonchev–Trinajstić information content (AvgIpc) is 2.76. The summed E-state index contributed by atoms with van der Waals surface area (Å²) in [6, 6.07) is 10.4. The van der Waals surface area contributed by atoms with Gasteiger partial charge in [0.15, 0.2) is 0 Å². The van der Waals surface area contributed by atoms with Crippen molar-refractivity contribution >= 4 is 32.9 Å². The summed E-state index contributed by atoms with van der Waals surface area (Å²) in [7, 11) is 0. The molecule has 5 nitrogen and oxygen atoms in total. The maximum absolute atomic E-state index is 12.9. The summed E-state index contributed by atoms with van der Waals surface area (Å²) in [5.74, 6) is -0.0431. The third-order valence-corrected chi connectivity index (χ3v) is 6.26. The van der Waals surface area contributed by atoms with Gasteiger partial charge in [-0.05, 0) is 58.8 Å². The molecule has 0 N–H and O–H groups in total. The largest absolute Gasteiger partial charge is 0.462 e. The normalized spacial score (nSPS) is 14.7. The molecule has 2 aromatic heterocycles. The zero-order valence-corrected chi connectivity index (χ0v) is 18.7. The van der Waals surface area contributed by atoms with E-state index in [9.17, 15) is 9.59 Å². The minimum atomic E-state index is -0.608. The first-order valence-corrected chi connectivity index (χ1v) is 11.3. The standard InChI is InChI=1S/C24H25BrN2O3/c1-2-30-24(29)20-15-27(21-12-18(25)13-26-22(21)23(20)28)14-17-10-6-7-11-19(17)16-8-4-3-5-9-16/h6-7,10-13,15-16H,2-5,8-9,14H2,1H3. The van der Waals surface area contributed by atoms with Gasteiger partial charge in [0.2, 0.25) is 5.43 Å². The van der Waals surface area contributed by atoms with Gasteiger partial charge in [0.1, 0.15) is 11.1 Å². The molecule has 0 amide bonds. The van der Waals surface area contributed by atoms with Crippen molar-refractivity contribution in [2.45, 2.75) is 51.5 Å². The fourth-order valence-electron chi connectivity index (χ4n) is 4.39. The number of aromatic nitrogens is 2. The molecule has 3 aromatic rings. The zero-order valence-electron chi connectivity index (χ0n) is 17.1. The van der Waals surface area contributed by atoms with Crippen molar-refractivity contribution in [3.8, 4) is 0 Å². The van der Waals surface area contributed by atoms with E-state index in [1.807, 2.05) is 16.7 Å². The first kappa shape index (κ1) is 20.8. The summed E-state index contributed by atoms with van der Waals surface area (Å²) in [5, 5.41) is 0. The number of fused-ring (bicyclic) bond motifs is 1. The number of hydrogen-bond acceptors (Lipinski definition) is 4. The minimum absolute atomic E-state index is 0.0225. The van der Waals surface area contributed by atoms with Crippen LogP contribution in [0.4, 0.5) is 0 Å². The lowest BCUT2D eigenvalue weighted by molar-refractivity contribution is 0.0524. The van der Waals surface area contributed by atoms with Crippen molar-refractivity contribution in [1.82, 2.24) is 9.55 Å². The summed E-state index contributed by atoms with van der Waals surface area (Å²) in [5.41, 5.74) is 3.18. The average molecular weight is 469 g/mol. The Bertz CT molecular complexity index is 1130. The number of hydrogen-bond donors (Lipinski definition) is 0. The van der Waals surface area contributed by atoms with E-state index in [0.29, 0.717) is 18.0 Å². The monoisotopic (exact) mass is 468 g/mol. The van der Waals surface area contributed by atoms with E-state index in [1.165, 1.54) is 43.2 Å². The molecule has 0 spiro atoms. The molecule has 0 aliphatic heterocycles. The van der Waals surface area contributed by atoms with Crippen LogP contribution in [0.25, 0.3) is 11.0 Å². The summed E-state index contributed by atoms with van der Waals surface area (Å²) in [6.07, 6.45) is 9.47. The van der Waals surface area contributed by atoms with Gasteiger partial charge in [-0.3, -0.25) is 4.79 Å². The van der Waals surface area contributed by atoms with Crippen molar-refractivity contribution in [2.24, 2.45) is 0 Å². The van der Waals surface area contributed by atoms with E-state index in [0.717, 1.165) is 4.47 Å². The minimum Gasteiger partial charge on any atom is -0.462 e. The first-order chi connectivity index (χ1) is 14.6. The smallest absolute Gasteiger partial charge is 0.343 e. The predicted octanol–water partition coefficient (Wildman–Crippen LogP) is 5.43. The van der Waals surface area contributed by atoms with Gasteiger partial charge >= 0.3 is 5.97 Å². The molecule has 1 aromatic carbocycles. The van der Waals surface area contributed by atoms with E-state index in [1.54, 1.807) is 19.3 Å². The van der Waals surface area contributed by atoms with Gasteiger partial charge in [0.05, 0.1) is 12.1 Å². The number of nitrogens with zero attached hydrogens (tertiary/aromatic N) is 2. The summed E-state index contributed by atoms with van der Waals surface area (Å²) >= 11 is 3.46. The van der Waals surface area contributed by atoms with Crippen LogP contribution in [0.3, 0.4) is 0 Å². The van der Waals surface area contributed by atoms with Gasteiger partial charge in [-0.2, -0.15) is 0 Å². The molecule has 0 atom stereocenters. The van der Waals surface area contributed by atoms with Crippen molar-refractivity contribution < 1.29 is 9.53 Å². The highest BCUT2D eigenvalue weighted by molar-refractivity contribution is 9.10. The maximum atomic E-state index is 12.9. The number of pyridine rings is 2. The number of ether oxygens (including phenoxy) is 1. The van der Waals surface area contributed by atoms with Crippen LogP contribution in [0.15, 0.2) is 52.0 Å². The van der Waals surface area contributed by atoms with Gasteiger partial charge in [-0.25, -0.2) is 9.78 Å². The third-order valence-electron chi connectivity index (χ3n) is 5.82. The number of carbonyl (C=O) groups excluding carboxylic acids is 1. The molecule has 1 aliphatic carbocycles. The molecule has 0 saturated heterocycles. The second-order valence-corrected chi connectivity index (χ2v) is 8.69. The van der Waals surface area contributed by atoms with Crippen LogP contribution >= 0.6 is 15.9 Å². The molecule has 0 bridgehead atoms. The highest BCUT2D eigenvalue weighted by Gasteiger charge is 2.21. The summed E-state index contributed by atoms with van der Waals surface area (Å²) in [6.45, 7) is 2.51. The van der Waals surface area contributed by atoms with Gasteiger partial charge in [0, 0.05) is 23.4 Å². The van der Waals surface area contributed by atoms with Crippen molar-refractivity contribution in [3.05, 3.63) is 74.1 Å². The quantitative estimate of drug-likeness (QED) is 0.468. The lowest BCUT2D eigenvalue weighted by atomic mass is 9.82. The SMILES string of the molecule is CCOC(=O)c1cn(Cc2ccccc2C2CCCCC2)c2cc(Br)cnc2c1=O. The highest BCUT2D eigenvalue weighted by Crippen LogP contribution is 2.34. The van der Waals surface area contributed by atoms with Crippen LogP contribution in [0.2, 0.25) is 0 Å². The summed E-state index contributed by atoms with van der Waals surface area (Å²) in [4.78, 5) is 29.6. The molecule has 1 aliphatic rings. The first-order valence-electron chi connectivity index (χ1n) is 10.5. The predicted molar refractivity (Wildman–Crippen MR) is 121 cm³/mol. The Kier molecular flexibility index (Phi) is 6.32. The molecule has 30 heavy (non-hydrogen) atoms. The van der Waals surface area contributed by atoms with Crippen LogP contribution < -0.4 is 5.43 Å².